The lowest BCUT2D eigenvalue weighted by Crippen LogP contribution is -2.14. The second kappa shape index (κ2) is 4.49. The lowest BCUT2D eigenvalue weighted by Gasteiger charge is -2.13. The third-order valence-electron chi connectivity index (χ3n) is 2.64. The molecule has 1 aliphatic heterocycles. The lowest BCUT2D eigenvalue weighted by molar-refractivity contribution is 0.413. The molecule has 1 heterocycles. The van der Waals surface area contributed by atoms with Gasteiger partial charge in [0, 0.05) is 9.61 Å². The third kappa shape index (κ3) is 2.03. The van der Waals surface area contributed by atoms with Crippen molar-refractivity contribution in [3.8, 4) is 5.75 Å². The maximum atomic E-state index is 5.24. The first-order chi connectivity index (χ1) is 6.81. The Hall–Kier alpha value is -0.290. The molecule has 14 heavy (non-hydrogen) atoms. The highest BCUT2D eigenvalue weighted by atomic mass is 127. The van der Waals surface area contributed by atoms with E-state index in [9.17, 15) is 0 Å². The number of methoxy groups -OCH3 is 1. The average Bonchev–Trinajstić information content (AvgIpc) is 2.71. The van der Waals surface area contributed by atoms with Crippen molar-refractivity contribution >= 4 is 22.6 Å². The summed E-state index contributed by atoms with van der Waals surface area (Å²) in [7, 11) is 1.72. The van der Waals surface area contributed by atoms with Crippen LogP contribution in [0.5, 0.6) is 5.75 Å². The van der Waals surface area contributed by atoms with Gasteiger partial charge < -0.3 is 10.1 Å². The average molecular weight is 303 g/mol. The molecule has 3 heteroatoms. The van der Waals surface area contributed by atoms with Crippen molar-refractivity contribution in [1.29, 1.82) is 0 Å². The Kier molecular flexibility index (Phi) is 3.28. The SMILES string of the molecule is COc1ccc(I)c([C@@H]2CCCN2)c1. The first-order valence-electron chi connectivity index (χ1n) is 4.88. The van der Waals surface area contributed by atoms with Crippen LogP contribution in [0.15, 0.2) is 18.2 Å². The molecule has 0 radical (unpaired) electrons. The molecule has 0 spiro atoms. The molecule has 2 nitrogen and oxygen atoms in total. The van der Waals surface area contributed by atoms with Crippen molar-refractivity contribution in [1.82, 2.24) is 5.32 Å². The summed E-state index contributed by atoms with van der Waals surface area (Å²) >= 11 is 2.39. The zero-order chi connectivity index (χ0) is 9.97. The quantitative estimate of drug-likeness (QED) is 0.848. The van der Waals surface area contributed by atoms with Crippen LogP contribution in [0.1, 0.15) is 24.4 Å². The molecule has 1 atom stereocenters. The normalized spacial score (nSPS) is 21.1. The van der Waals surface area contributed by atoms with Gasteiger partial charge in [-0.2, -0.15) is 0 Å². The highest BCUT2D eigenvalue weighted by Crippen LogP contribution is 2.29. The fraction of sp³-hybridized carbons (Fsp3) is 0.455. The van der Waals surface area contributed by atoms with E-state index in [1.807, 2.05) is 6.07 Å². The molecule has 1 saturated heterocycles. The largest absolute Gasteiger partial charge is 0.497 e. The van der Waals surface area contributed by atoms with Gasteiger partial charge in [0.15, 0.2) is 0 Å². The molecule has 1 fully saturated rings. The Labute approximate surface area is 98.2 Å². The number of rotatable bonds is 2. The molecule has 76 valence electrons. The number of ether oxygens (including phenoxy) is 1. The van der Waals surface area contributed by atoms with Crippen LogP contribution >= 0.6 is 22.6 Å². The van der Waals surface area contributed by atoms with Gasteiger partial charge in [-0.05, 0) is 65.7 Å². The minimum atomic E-state index is 0.525. The van der Waals surface area contributed by atoms with Crippen LogP contribution in [0, 0.1) is 3.57 Å². The van der Waals surface area contributed by atoms with E-state index in [2.05, 4.69) is 40.0 Å². The Bertz CT molecular complexity index is 321. The zero-order valence-electron chi connectivity index (χ0n) is 8.22. The molecule has 0 aromatic heterocycles. The van der Waals surface area contributed by atoms with E-state index in [0.29, 0.717) is 6.04 Å². The van der Waals surface area contributed by atoms with Crippen LogP contribution in [-0.2, 0) is 0 Å². The van der Waals surface area contributed by atoms with E-state index in [1.165, 1.54) is 22.0 Å². The summed E-state index contributed by atoms with van der Waals surface area (Å²) in [5.41, 5.74) is 1.38. The van der Waals surface area contributed by atoms with E-state index in [1.54, 1.807) is 7.11 Å². The summed E-state index contributed by atoms with van der Waals surface area (Å²) in [5.74, 6) is 0.953. The molecular weight excluding hydrogens is 289 g/mol. The maximum Gasteiger partial charge on any atom is 0.119 e. The summed E-state index contributed by atoms with van der Waals surface area (Å²) in [5, 5.41) is 3.50. The summed E-state index contributed by atoms with van der Waals surface area (Å²) in [6, 6.07) is 6.80. The van der Waals surface area contributed by atoms with E-state index < -0.39 is 0 Å². The van der Waals surface area contributed by atoms with Crippen molar-refractivity contribution in [3.05, 3.63) is 27.3 Å². The van der Waals surface area contributed by atoms with Gasteiger partial charge >= 0.3 is 0 Å². The Morgan fingerprint density at radius 1 is 1.50 bits per heavy atom. The van der Waals surface area contributed by atoms with E-state index in [4.69, 9.17) is 4.74 Å². The standard InChI is InChI=1S/C11H14INO/c1-14-8-4-5-10(12)9(7-8)11-3-2-6-13-11/h4-5,7,11,13H,2-3,6H2,1H3/t11-/m0/s1. The van der Waals surface area contributed by atoms with Crippen molar-refractivity contribution in [2.75, 3.05) is 13.7 Å². The van der Waals surface area contributed by atoms with Gasteiger partial charge in [0.25, 0.3) is 0 Å². The Morgan fingerprint density at radius 2 is 2.36 bits per heavy atom. The number of halogens is 1. The smallest absolute Gasteiger partial charge is 0.119 e. The van der Waals surface area contributed by atoms with Gasteiger partial charge in [-0.15, -0.1) is 0 Å². The minimum absolute atomic E-state index is 0.525. The van der Waals surface area contributed by atoms with Gasteiger partial charge in [-0.3, -0.25) is 0 Å². The highest BCUT2D eigenvalue weighted by molar-refractivity contribution is 14.1. The summed E-state index contributed by atoms with van der Waals surface area (Å²) in [6.45, 7) is 1.14. The van der Waals surface area contributed by atoms with Gasteiger partial charge in [-0.25, -0.2) is 0 Å². The fourth-order valence-electron chi connectivity index (χ4n) is 1.87. The van der Waals surface area contributed by atoms with Crippen molar-refractivity contribution in [2.24, 2.45) is 0 Å². The predicted molar refractivity (Wildman–Crippen MR) is 65.7 cm³/mol. The lowest BCUT2D eigenvalue weighted by atomic mass is 10.1. The minimum Gasteiger partial charge on any atom is -0.497 e. The third-order valence-corrected chi connectivity index (χ3v) is 3.62. The van der Waals surface area contributed by atoms with E-state index in [0.717, 1.165) is 12.3 Å². The molecule has 1 aromatic rings. The van der Waals surface area contributed by atoms with Crippen LogP contribution in [0.4, 0.5) is 0 Å². The molecule has 1 N–H and O–H groups in total. The molecule has 0 bridgehead atoms. The Balaban J connectivity index is 2.29. The van der Waals surface area contributed by atoms with Crippen molar-refractivity contribution in [3.63, 3.8) is 0 Å². The molecule has 0 aliphatic carbocycles. The molecule has 0 unspecified atom stereocenters. The van der Waals surface area contributed by atoms with Gasteiger partial charge in [-0.1, -0.05) is 0 Å². The molecule has 1 aromatic carbocycles. The maximum absolute atomic E-state index is 5.24. The summed E-state index contributed by atoms with van der Waals surface area (Å²) in [6.07, 6.45) is 2.52. The number of hydrogen-bond acceptors (Lipinski definition) is 2. The van der Waals surface area contributed by atoms with Crippen molar-refractivity contribution < 1.29 is 4.74 Å². The second-order valence-electron chi connectivity index (χ2n) is 3.54. The topological polar surface area (TPSA) is 21.3 Å². The molecule has 0 saturated carbocycles. The number of nitrogens with one attached hydrogen (secondary N) is 1. The van der Waals surface area contributed by atoms with Crippen LogP contribution in [0.25, 0.3) is 0 Å². The molecule has 1 aliphatic rings. The van der Waals surface area contributed by atoms with Gasteiger partial charge in [0.05, 0.1) is 7.11 Å². The first-order valence-corrected chi connectivity index (χ1v) is 5.96. The zero-order valence-corrected chi connectivity index (χ0v) is 10.4. The molecule has 0 amide bonds. The van der Waals surface area contributed by atoms with E-state index >= 15 is 0 Å². The van der Waals surface area contributed by atoms with Crippen LogP contribution in [0.3, 0.4) is 0 Å². The van der Waals surface area contributed by atoms with Gasteiger partial charge in [0.2, 0.25) is 0 Å². The monoisotopic (exact) mass is 303 g/mol. The summed E-state index contributed by atoms with van der Waals surface area (Å²) < 4.78 is 6.56. The number of hydrogen-bond donors (Lipinski definition) is 1. The second-order valence-corrected chi connectivity index (χ2v) is 4.70. The van der Waals surface area contributed by atoms with Crippen LogP contribution < -0.4 is 10.1 Å². The first kappa shape index (κ1) is 10.2. The molecular formula is C11H14INO. The Morgan fingerprint density at radius 3 is 3.00 bits per heavy atom. The van der Waals surface area contributed by atoms with Crippen LogP contribution in [-0.4, -0.2) is 13.7 Å². The molecule has 2 rings (SSSR count). The van der Waals surface area contributed by atoms with E-state index in [-0.39, 0.29) is 0 Å². The van der Waals surface area contributed by atoms with Crippen LogP contribution in [0.2, 0.25) is 0 Å². The van der Waals surface area contributed by atoms with Gasteiger partial charge in [0.1, 0.15) is 5.75 Å². The fourth-order valence-corrected chi connectivity index (χ4v) is 2.58. The van der Waals surface area contributed by atoms with Crippen molar-refractivity contribution in [2.45, 2.75) is 18.9 Å². The number of benzene rings is 1. The highest BCUT2D eigenvalue weighted by Gasteiger charge is 2.18. The summed E-state index contributed by atoms with van der Waals surface area (Å²) in [4.78, 5) is 0. The predicted octanol–water partition coefficient (Wildman–Crippen LogP) is 2.72.